The first kappa shape index (κ1) is 8.74. The van der Waals surface area contributed by atoms with Crippen LogP contribution < -0.4 is 5.32 Å². The molecule has 0 fully saturated rings. The Bertz CT molecular complexity index is 258. The molecule has 1 unspecified atom stereocenters. The molecule has 3 heteroatoms. The fourth-order valence-electron chi connectivity index (χ4n) is 1.08. The van der Waals surface area contributed by atoms with Crippen LogP contribution in [0.25, 0.3) is 0 Å². The molecule has 0 spiro atoms. The SMILES string of the molecule is CNC(C(=O)O)c1ccccc1. The quantitative estimate of drug-likeness (QED) is 0.703. The lowest BCUT2D eigenvalue weighted by atomic mass is 10.1. The second-order valence-corrected chi connectivity index (χ2v) is 2.47. The molecule has 0 aromatic heterocycles. The maximum atomic E-state index is 10.7. The molecule has 0 radical (unpaired) electrons. The first-order valence-corrected chi connectivity index (χ1v) is 3.70. The van der Waals surface area contributed by atoms with E-state index in [1.807, 2.05) is 18.2 Å². The number of hydrogen-bond acceptors (Lipinski definition) is 2. The van der Waals surface area contributed by atoms with Crippen molar-refractivity contribution in [1.82, 2.24) is 5.32 Å². The number of rotatable bonds is 3. The molecule has 0 aliphatic rings. The summed E-state index contributed by atoms with van der Waals surface area (Å²) in [5.41, 5.74) is 0.771. The summed E-state index contributed by atoms with van der Waals surface area (Å²) in [6.45, 7) is 0. The van der Waals surface area contributed by atoms with E-state index < -0.39 is 12.0 Å². The molecular weight excluding hydrogens is 154 g/mol. The lowest BCUT2D eigenvalue weighted by Crippen LogP contribution is -2.24. The fraction of sp³-hybridized carbons (Fsp3) is 0.222. The van der Waals surface area contributed by atoms with Crippen molar-refractivity contribution in [3.63, 3.8) is 0 Å². The summed E-state index contributed by atoms with van der Waals surface area (Å²) >= 11 is 0. The molecular formula is C9H11NO2. The van der Waals surface area contributed by atoms with E-state index in [0.717, 1.165) is 5.56 Å². The molecule has 0 saturated heterocycles. The number of aliphatic carboxylic acids is 1. The Morgan fingerprint density at radius 2 is 2.00 bits per heavy atom. The second kappa shape index (κ2) is 3.88. The number of nitrogens with one attached hydrogen (secondary N) is 1. The van der Waals surface area contributed by atoms with Gasteiger partial charge in [-0.2, -0.15) is 0 Å². The van der Waals surface area contributed by atoms with Gasteiger partial charge < -0.3 is 10.4 Å². The third-order valence-corrected chi connectivity index (χ3v) is 1.67. The van der Waals surface area contributed by atoms with Gasteiger partial charge in [0.25, 0.3) is 0 Å². The predicted octanol–water partition coefficient (Wildman–Crippen LogP) is 1.03. The average molecular weight is 165 g/mol. The number of carboxylic acid groups (broad SMARTS) is 1. The minimum absolute atomic E-state index is 0.605. The molecule has 1 aromatic rings. The highest BCUT2D eigenvalue weighted by atomic mass is 16.4. The van der Waals surface area contributed by atoms with E-state index in [4.69, 9.17) is 5.11 Å². The van der Waals surface area contributed by atoms with Gasteiger partial charge in [0.1, 0.15) is 6.04 Å². The van der Waals surface area contributed by atoms with Gasteiger partial charge in [-0.05, 0) is 12.6 Å². The van der Waals surface area contributed by atoms with E-state index in [-0.39, 0.29) is 0 Å². The van der Waals surface area contributed by atoms with Crippen molar-refractivity contribution in [2.75, 3.05) is 7.05 Å². The maximum absolute atomic E-state index is 10.7. The molecule has 1 rings (SSSR count). The van der Waals surface area contributed by atoms with Crippen molar-refractivity contribution in [1.29, 1.82) is 0 Å². The van der Waals surface area contributed by atoms with Gasteiger partial charge in [-0.15, -0.1) is 0 Å². The highest BCUT2D eigenvalue weighted by molar-refractivity contribution is 5.75. The molecule has 1 aromatic carbocycles. The summed E-state index contributed by atoms with van der Waals surface area (Å²) in [6, 6.07) is 8.47. The number of carbonyl (C=O) groups is 1. The zero-order valence-corrected chi connectivity index (χ0v) is 6.82. The molecule has 12 heavy (non-hydrogen) atoms. The Balaban J connectivity index is 2.88. The van der Waals surface area contributed by atoms with Crippen LogP contribution in [0.4, 0.5) is 0 Å². The zero-order valence-electron chi connectivity index (χ0n) is 6.82. The van der Waals surface area contributed by atoms with Crippen molar-refractivity contribution in [3.8, 4) is 0 Å². The Morgan fingerprint density at radius 3 is 2.42 bits per heavy atom. The standard InChI is InChI=1S/C9H11NO2/c1-10-8(9(11)12)7-5-3-2-4-6-7/h2-6,8,10H,1H3,(H,11,12). The fourth-order valence-corrected chi connectivity index (χ4v) is 1.08. The van der Waals surface area contributed by atoms with Gasteiger partial charge in [0.05, 0.1) is 0 Å². The summed E-state index contributed by atoms with van der Waals surface area (Å²) in [6.07, 6.45) is 0. The third kappa shape index (κ3) is 1.83. The number of hydrogen-bond donors (Lipinski definition) is 2. The molecule has 0 aliphatic carbocycles. The normalized spacial score (nSPS) is 12.4. The number of benzene rings is 1. The Hall–Kier alpha value is -1.35. The summed E-state index contributed by atoms with van der Waals surface area (Å²) < 4.78 is 0. The van der Waals surface area contributed by atoms with Gasteiger partial charge in [0, 0.05) is 0 Å². The second-order valence-electron chi connectivity index (χ2n) is 2.47. The highest BCUT2D eigenvalue weighted by Crippen LogP contribution is 2.11. The molecule has 0 saturated carbocycles. The number of carboxylic acids is 1. The molecule has 0 heterocycles. The summed E-state index contributed by atoms with van der Waals surface area (Å²) in [5, 5.41) is 11.5. The molecule has 0 bridgehead atoms. The van der Waals surface area contributed by atoms with E-state index in [0.29, 0.717) is 0 Å². The molecule has 0 amide bonds. The van der Waals surface area contributed by atoms with Gasteiger partial charge in [-0.3, -0.25) is 4.79 Å². The van der Waals surface area contributed by atoms with E-state index in [1.54, 1.807) is 19.2 Å². The lowest BCUT2D eigenvalue weighted by molar-refractivity contribution is -0.139. The minimum Gasteiger partial charge on any atom is -0.480 e. The van der Waals surface area contributed by atoms with Crippen molar-refractivity contribution in [2.24, 2.45) is 0 Å². The molecule has 2 N–H and O–H groups in total. The van der Waals surface area contributed by atoms with Crippen LogP contribution in [-0.4, -0.2) is 18.1 Å². The van der Waals surface area contributed by atoms with Gasteiger partial charge in [0.15, 0.2) is 0 Å². The molecule has 3 nitrogen and oxygen atoms in total. The smallest absolute Gasteiger partial charge is 0.325 e. The van der Waals surface area contributed by atoms with Crippen LogP contribution >= 0.6 is 0 Å². The molecule has 1 atom stereocenters. The first-order valence-electron chi connectivity index (χ1n) is 3.70. The Morgan fingerprint density at radius 1 is 1.42 bits per heavy atom. The minimum atomic E-state index is -0.858. The summed E-state index contributed by atoms with van der Waals surface area (Å²) in [7, 11) is 1.63. The highest BCUT2D eigenvalue weighted by Gasteiger charge is 2.15. The monoisotopic (exact) mass is 165 g/mol. The van der Waals surface area contributed by atoms with E-state index in [2.05, 4.69) is 5.32 Å². The Kier molecular flexibility index (Phi) is 2.82. The maximum Gasteiger partial charge on any atom is 0.325 e. The van der Waals surface area contributed by atoms with E-state index in [1.165, 1.54) is 0 Å². The molecule has 64 valence electrons. The summed E-state index contributed by atoms with van der Waals surface area (Å²) in [5.74, 6) is -0.858. The van der Waals surface area contributed by atoms with Crippen molar-refractivity contribution in [2.45, 2.75) is 6.04 Å². The van der Waals surface area contributed by atoms with Crippen LogP contribution in [0.15, 0.2) is 30.3 Å². The Labute approximate surface area is 71.0 Å². The van der Waals surface area contributed by atoms with Gasteiger partial charge in [-0.25, -0.2) is 0 Å². The third-order valence-electron chi connectivity index (χ3n) is 1.67. The van der Waals surface area contributed by atoms with Gasteiger partial charge in [0.2, 0.25) is 0 Å². The van der Waals surface area contributed by atoms with Gasteiger partial charge in [-0.1, -0.05) is 30.3 Å². The predicted molar refractivity (Wildman–Crippen MR) is 45.9 cm³/mol. The summed E-state index contributed by atoms with van der Waals surface area (Å²) in [4.78, 5) is 10.7. The lowest BCUT2D eigenvalue weighted by Gasteiger charge is -2.10. The largest absolute Gasteiger partial charge is 0.480 e. The van der Waals surface area contributed by atoms with E-state index in [9.17, 15) is 4.79 Å². The van der Waals surface area contributed by atoms with Crippen molar-refractivity contribution >= 4 is 5.97 Å². The number of likely N-dealkylation sites (N-methyl/N-ethyl adjacent to an activating group) is 1. The average Bonchev–Trinajstić information content (AvgIpc) is 2.07. The van der Waals surface area contributed by atoms with Crippen LogP contribution in [0.5, 0.6) is 0 Å². The topological polar surface area (TPSA) is 49.3 Å². The van der Waals surface area contributed by atoms with Crippen LogP contribution in [0, 0.1) is 0 Å². The van der Waals surface area contributed by atoms with Crippen molar-refractivity contribution < 1.29 is 9.90 Å². The molecule has 0 aliphatic heterocycles. The van der Waals surface area contributed by atoms with Crippen molar-refractivity contribution in [3.05, 3.63) is 35.9 Å². The van der Waals surface area contributed by atoms with Crippen LogP contribution in [-0.2, 0) is 4.79 Å². The van der Waals surface area contributed by atoms with Crippen LogP contribution in [0.2, 0.25) is 0 Å². The van der Waals surface area contributed by atoms with Gasteiger partial charge >= 0.3 is 5.97 Å². The van der Waals surface area contributed by atoms with Crippen LogP contribution in [0.1, 0.15) is 11.6 Å². The first-order chi connectivity index (χ1) is 5.75. The van der Waals surface area contributed by atoms with Crippen LogP contribution in [0.3, 0.4) is 0 Å². The zero-order chi connectivity index (χ0) is 8.97. The van der Waals surface area contributed by atoms with E-state index >= 15 is 0 Å².